The number of hydrogen-bond acceptors (Lipinski definition) is 5. The predicted octanol–water partition coefficient (Wildman–Crippen LogP) is 4.70. The van der Waals surface area contributed by atoms with Crippen LogP contribution in [-0.4, -0.2) is 42.4 Å². The van der Waals surface area contributed by atoms with Gasteiger partial charge in [0.05, 0.1) is 15.5 Å². The van der Waals surface area contributed by atoms with Crippen LogP contribution in [0.3, 0.4) is 0 Å². The van der Waals surface area contributed by atoms with Crippen molar-refractivity contribution >= 4 is 44.9 Å². The third-order valence-electron chi connectivity index (χ3n) is 3.76. The van der Waals surface area contributed by atoms with Crippen LogP contribution < -0.4 is 4.74 Å². The summed E-state index contributed by atoms with van der Waals surface area (Å²) in [6.45, 7) is 4.97. The molecule has 5 nitrogen and oxygen atoms in total. The van der Waals surface area contributed by atoms with Gasteiger partial charge in [0.1, 0.15) is 5.75 Å². The van der Waals surface area contributed by atoms with Crippen LogP contribution in [0.25, 0.3) is 6.08 Å². The van der Waals surface area contributed by atoms with Gasteiger partial charge in [0.15, 0.2) is 0 Å². The minimum atomic E-state index is -0.248. The first-order chi connectivity index (χ1) is 12.0. The number of thioether (sulfide) groups is 1. The van der Waals surface area contributed by atoms with Crippen molar-refractivity contribution in [1.29, 1.82) is 0 Å². The van der Waals surface area contributed by atoms with E-state index in [2.05, 4.69) is 22.9 Å². The quantitative estimate of drug-likeness (QED) is 0.444. The van der Waals surface area contributed by atoms with Crippen LogP contribution in [0.1, 0.15) is 32.3 Å². The third-order valence-corrected chi connectivity index (χ3v) is 5.29. The second kappa shape index (κ2) is 9.40. The Morgan fingerprint density at radius 1 is 1.36 bits per heavy atom. The average Bonchev–Trinajstić information content (AvgIpc) is 2.84. The Morgan fingerprint density at radius 2 is 2.12 bits per heavy atom. The average molecular weight is 428 g/mol. The molecule has 25 heavy (non-hydrogen) atoms. The molecule has 2 amide bonds. The molecule has 0 N–H and O–H groups in total. The van der Waals surface area contributed by atoms with Gasteiger partial charge in [-0.25, -0.2) is 0 Å². The number of carbonyl (C=O) groups excluding carboxylic acids is 2. The summed E-state index contributed by atoms with van der Waals surface area (Å²) in [7, 11) is 1.60. The lowest BCUT2D eigenvalue weighted by atomic mass is 10.2. The van der Waals surface area contributed by atoms with Crippen molar-refractivity contribution in [1.82, 2.24) is 4.90 Å². The predicted molar refractivity (Wildman–Crippen MR) is 104 cm³/mol. The summed E-state index contributed by atoms with van der Waals surface area (Å²) < 4.78 is 11.6. The van der Waals surface area contributed by atoms with Crippen molar-refractivity contribution in [2.75, 3.05) is 20.3 Å². The van der Waals surface area contributed by atoms with Crippen LogP contribution >= 0.6 is 27.7 Å². The summed E-state index contributed by atoms with van der Waals surface area (Å²) in [5.41, 5.74) is 0.839. The van der Waals surface area contributed by atoms with Gasteiger partial charge in [0.25, 0.3) is 11.1 Å². The van der Waals surface area contributed by atoms with Gasteiger partial charge in [-0.05, 0) is 71.2 Å². The number of nitrogens with zero attached hydrogens (tertiary/aromatic N) is 1. The number of ether oxygens (including phenoxy) is 2. The van der Waals surface area contributed by atoms with Crippen LogP contribution in [0.15, 0.2) is 27.6 Å². The van der Waals surface area contributed by atoms with Gasteiger partial charge in [-0.1, -0.05) is 13.0 Å². The van der Waals surface area contributed by atoms with E-state index in [-0.39, 0.29) is 17.3 Å². The van der Waals surface area contributed by atoms with Gasteiger partial charge in [0.2, 0.25) is 0 Å². The molecule has 136 valence electrons. The molecule has 1 saturated heterocycles. The molecule has 1 aromatic carbocycles. The second-order valence-electron chi connectivity index (χ2n) is 5.71. The number of carbonyl (C=O) groups is 2. The Morgan fingerprint density at radius 3 is 2.76 bits per heavy atom. The second-order valence-corrected chi connectivity index (χ2v) is 7.55. The molecule has 2 rings (SSSR count). The molecule has 0 saturated carbocycles. The number of methoxy groups -OCH3 is 1. The number of halogens is 1. The highest BCUT2D eigenvalue weighted by Crippen LogP contribution is 2.34. The lowest BCUT2D eigenvalue weighted by Crippen LogP contribution is -2.29. The van der Waals surface area contributed by atoms with Gasteiger partial charge in [-0.2, -0.15) is 0 Å². The fourth-order valence-corrected chi connectivity index (χ4v) is 3.57. The van der Waals surface area contributed by atoms with Crippen molar-refractivity contribution in [3.63, 3.8) is 0 Å². The van der Waals surface area contributed by atoms with Gasteiger partial charge < -0.3 is 9.47 Å². The number of imide groups is 1. The van der Waals surface area contributed by atoms with Crippen molar-refractivity contribution < 1.29 is 19.1 Å². The van der Waals surface area contributed by atoms with E-state index in [1.807, 2.05) is 25.1 Å². The maximum atomic E-state index is 12.4. The van der Waals surface area contributed by atoms with E-state index in [4.69, 9.17) is 9.47 Å². The molecule has 1 aliphatic heterocycles. The number of benzene rings is 1. The molecule has 0 unspecified atom stereocenters. The topological polar surface area (TPSA) is 55.8 Å². The third kappa shape index (κ3) is 5.33. The standard InChI is InChI=1S/C18H22BrNO4S/c1-4-12(2)24-15-7-6-13(10-14(15)19)11-16-17(21)20(18(22)25-16)8-5-9-23-3/h6-7,10-12H,4-5,8-9H2,1-3H3/b16-11+/t12-/m1/s1. The lowest BCUT2D eigenvalue weighted by Gasteiger charge is -2.14. The summed E-state index contributed by atoms with van der Waals surface area (Å²) in [4.78, 5) is 26.1. The van der Waals surface area contributed by atoms with E-state index in [9.17, 15) is 9.59 Å². The van der Waals surface area contributed by atoms with E-state index < -0.39 is 0 Å². The maximum absolute atomic E-state index is 12.4. The smallest absolute Gasteiger partial charge is 0.293 e. The zero-order valence-corrected chi connectivity index (χ0v) is 17.0. The number of hydrogen-bond donors (Lipinski definition) is 0. The molecule has 1 aromatic rings. The zero-order chi connectivity index (χ0) is 18.4. The van der Waals surface area contributed by atoms with Crippen LogP contribution in [0, 0.1) is 0 Å². The van der Waals surface area contributed by atoms with E-state index >= 15 is 0 Å². The summed E-state index contributed by atoms with van der Waals surface area (Å²) in [5.74, 6) is 0.515. The van der Waals surface area contributed by atoms with Gasteiger partial charge in [0, 0.05) is 20.3 Å². The van der Waals surface area contributed by atoms with Gasteiger partial charge in [-0.15, -0.1) is 0 Å². The van der Waals surface area contributed by atoms with E-state index in [0.29, 0.717) is 24.5 Å². The number of amides is 2. The monoisotopic (exact) mass is 427 g/mol. The molecule has 0 radical (unpaired) electrons. The highest BCUT2D eigenvalue weighted by molar-refractivity contribution is 9.10. The molecule has 1 fully saturated rings. The molecule has 0 aromatic heterocycles. The normalized spacial score (nSPS) is 17.4. The summed E-state index contributed by atoms with van der Waals surface area (Å²) >= 11 is 4.47. The van der Waals surface area contributed by atoms with Gasteiger partial charge >= 0.3 is 0 Å². The van der Waals surface area contributed by atoms with E-state index in [0.717, 1.165) is 34.0 Å². The maximum Gasteiger partial charge on any atom is 0.293 e. The minimum absolute atomic E-state index is 0.130. The molecular formula is C18H22BrNO4S. The summed E-state index contributed by atoms with van der Waals surface area (Å²) in [6.07, 6.45) is 3.42. The SMILES string of the molecule is CC[C@@H](C)Oc1ccc(/C=C2/SC(=O)N(CCCOC)C2=O)cc1Br. The van der Waals surface area contributed by atoms with E-state index in [1.165, 1.54) is 4.90 Å². The Bertz CT molecular complexity index is 677. The largest absolute Gasteiger partial charge is 0.490 e. The Balaban J connectivity index is 2.11. The molecule has 1 aliphatic rings. The van der Waals surface area contributed by atoms with Crippen LogP contribution in [0.5, 0.6) is 5.75 Å². The Hall–Kier alpha value is -1.31. The minimum Gasteiger partial charge on any atom is -0.490 e. The van der Waals surface area contributed by atoms with Crippen LogP contribution in [0.4, 0.5) is 4.79 Å². The zero-order valence-electron chi connectivity index (χ0n) is 14.6. The lowest BCUT2D eigenvalue weighted by molar-refractivity contribution is -0.122. The van der Waals surface area contributed by atoms with Crippen LogP contribution in [0.2, 0.25) is 0 Å². The van der Waals surface area contributed by atoms with Crippen molar-refractivity contribution in [2.24, 2.45) is 0 Å². The Labute approximate surface area is 160 Å². The molecule has 0 spiro atoms. The van der Waals surface area contributed by atoms with E-state index in [1.54, 1.807) is 13.2 Å². The highest BCUT2D eigenvalue weighted by atomic mass is 79.9. The highest BCUT2D eigenvalue weighted by Gasteiger charge is 2.34. The molecule has 0 aliphatic carbocycles. The molecule has 7 heteroatoms. The molecule has 0 bridgehead atoms. The Kier molecular flexibility index (Phi) is 7.53. The summed E-state index contributed by atoms with van der Waals surface area (Å²) in [5, 5.41) is -0.233. The molecular weight excluding hydrogens is 406 g/mol. The number of rotatable bonds is 8. The van der Waals surface area contributed by atoms with Crippen molar-refractivity contribution in [2.45, 2.75) is 32.8 Å². The van der Waals surface area contributed by atoms with Gasteiger partial charge in [-0.3, -0.25) is 14.5 Å². The fourth-order valence-electron chi connectivity index (χ4n) is 2.21. The van der Waals surface area contributed by atoms with Crippen molar-refractivity contribution in [3.05, 3.63) is 33.1 Å². The first-order valence-corrected chi connectivity index (χ1v) is 9.77. The van der Waals surface area contributed by atoms with Crippen LogP contribution in [-0.2, 0) is 9.53 Å². The summed E-state index contributed by atoms with van der Waals surface area (Å²) in [6, 6.07) is 5.63. The first kappa shape index (κ1) is 20.0. The fraction of sp³-hybridized carbons (Fsp3) is 0.444. The molecule has 1 heterocycles. The van der Waals surface area contributed by atoms with Crippen molar-refractivity contribution in [3.8, 4) is 5.75 Å². The first-order valence-electron chi connectivity index (χ1n) is 8.16. The molecule has 1 atom stereocenters.